The lowest BCUT2D eigenvalue weighted by Gasteiger charge is -2.24. The lowest BCUT2D eigenvalue weighted by atomic mass is 10.1. The van der Waals surface area contributed by atoms with Gasteiger partial charge in [-0.05, 0) is 36.8 Å². The van der Waals surface area contributed by atoms with E-state index in [-0.39, 0.29) is 18.4 Å². The van der Waals surface area contributed by atoms with Gasteiger partial charge in [-0.3, -0.25) is 19.2 Å². The number of carbonyl (C=O) groups is 2. The maximum atomic E-state index is 12.5. The summed E-state index contributed by atoms with van der Waals surface area (Å²) in [6, 6.07) is 4.94. The fourth-order valence-electron chi connectivity index (χ4n) is 2.53. The average Bonchev–Trinajstić information content (AvgIpc) is 2.95. The van der Waals surface area contributed by atoms with Gasteiger partial charge in [0.05, 0.1) is 31.2 Å². The third kappa shape index (κ3) is 3.71. The second-order valence-electron chi connectivity index (χ2n) is 5.49. The zero-order valence-electron chi connectivity index (χ0n) is 14.9. The van der Waals surface area contributed by atoms with E-state index >= 15 is 0 Å². The number of rotatable bonds is 6. The van der Waals surface area contributed by atoms with Gasteiger partial charge in [0, 0.05) is 19.7 Å². The lowest BCUT2D eigenvalue weighted by molar-refractivity contribution is -0.114. The van der Waals surface area contributed by atoms with Gasteiger partial charge in [0.2, 0.25) is 0 Å². The molecule has 1 N–H and O–H groups in total. The Morgan fingerprint density at radius 3 is 2.68 bits per heavy atom. The first-order valence-electron chi connectivity index (χ1n) is 7.74. The number of amides is 2. The number of methoxy groups -OCH3 is 1. The molecular formula is C18H22N4O3. The van der Waals surface area contributed by atoms with Crippen molar-refractivity contribution in [3.63, 3.8) is 0 Å². The summed E-state index contributed by atoms with van der Waals surface area (Å²) in [5, 5.41) is 6.78. The molecule has 0 aliphatic rings. The molecule has 132 valence electrons. The van der Waals surface area contributed by atoms with E-state index in [0.29, 0.717) is 17.0 Å². The highest BCUT2D eigenvalue weighted by Crippen LogP contribution is 2.31. The second-order valence-corrected chi connectivity index (χ2v) is 5.49. The summed E-state index contributed by atoms with van der Waals surface area (Å²) in [5.74, 6) is -0.0535. The Morgan fingerprint density at radius 2 is 2.16 bits per heavy atom. The Kier molecular flexibility index (Phi) is 5.59. The van der Waals surface area contributed by atoms with Crippen LogP contribution < -0.4 is 15.0 Å². The molecule has 0 aliphatic heterocycles. The SMILES string of the molecule is C=CC(=O)N(Cc1c(C)cnn1C)c1cc(C(=O)NC)ccc1OC. The zero-order chi connectivity index (χ0) is 18.6. The summed E-state index contributed by atoms with van der Waals surface area (Å²) in [5.41, 5.74) is 2.77. The number of nitrogens with one attached hydrogen (secondary N) is 1. The molecule has 0 fully saturated rings. The van der Waals surface area contributed by atoms with Gasteiger partial charge in [-0.2, -0.15) is 5.10 Å². The summed E-state index contributed by atoms with van der Waals surface area (Å²) >= 11 is 0. The quantitative estimate of drug-likeness (QED) is 0.813. The van der Waals surface area contributed by atoms with E-state index in [0.717, 1.165) is 11.3 Å². The van der Waals surface area contributed by atoms with Crippen LogP contribution in [0.15, 0.2) is 37.1 Å². The van der Waals surface area contributed by atoms with Crippen molar-refractivity contribution in [3.8, 4) is 5.75 Å². The van der Waals surface area contributed by atoms with Crippen LogP contribution in [0, 0.1) is 6.92 Å². The van der Waals surface area contributed by atoms with E-state index in [4.69, 9.17) is 4.74 Å². The minimum Gasteiger partial charge on any atom is -0.495 e. The minimum absolute atomic E-state index is 0.244. The monoisotopic (exact) mass is 342 g/mol. The Bertz CT molecular complexity index is 791. The predicted molar refractivity (Wildman–Crippen MR) is 95.7 cm³/mol. The molecule has 2 aromatic rings. The maximum Gasteiger partial charge on any atom is 0.251 e. The molecule has 0 bridgehead atoms. The first-order valence-corrected chi connectivity index (χ1v) is 7.74. The van der Waals surface area contributed by atoms with Crippen molar-refractivity contribution in [1.82, 2.24) is 15.1 Å². The molecule has 0 unspecified atom stereocenters. The van der Waals surface area contributed by atoms with E-state index in [1.807, 2.05) is 14.0 Å². The summed E-state index contributed by atoms with van der Waals surface area (Å²) in [7, 11) is 4.89. The Hall–Kier alpha value is -3.09. The molecule has 0 saturated carbocycles. The van der Waals surface area contributed by atoms with Crippen LogP contribution in [-0.4, -0.2) is 35.8 Å². The first-order chi connectivity index (χ1) is 11.9. The van der Waals surface area contributed by atoms with Gasteiger partial charge in [0.15, 0.2) is 0 Å². The summed E-state index contributed by atoms with van der Waals surface area (Å²) < 4.78 is 7.10. The van der Waals surface area contributed by atoms with Gasteiger partial charge >= 0.3 is 0 Å². The van der Waals surface area contributed by atoms with Crippen LogP contribution in [0.1, 0.15) is 21.6 Å². The van der Waals surface area contributed by atoms with Crippen LogP contribution in [0.3, 0.4) is 0 Å². The van der Waals surface area contributed by atoms with E-state index < -0.39 is 0 Å². The van der Waals surface area contributed by atoms with Gasteiger partial charge in [-0.1, -0.05) is 6.58 Å². The van der Waals surface area contributed by atoms with Gasteiger partial charge in [-0.15, -0.1) is 0 Å². The summed E-state index contributed by atoms with van der Waals surface area (Å²) in [4.78, 5) is 26.0. The fourth-order valence-corrected chi connectivity index (χ4v) is 2.53. The number of aromatic nitrogens is 2. The molecule has 0 atom stereocenters. The van der Waals surface area contributed by atoms with Crippen LogP contribution in [0.2, 0.25) is 0 Å². The van der Waals surface area contributed by atoms with E-state index in [9.17, 15) is 9.59 Å². The van der Waals surface area contributed by atoms with E-state index in [1.165, 1.54) is 18.1 Å². The highest BCUT2D eigenvalue weighted by Gasteiger charge is 2.21. The number of anilines is 1. The Balaban J connectivity index is 2.55. The molecule has 1 aromatic heterocycles. The maximum absolute atomic E-state index is 12.5. The normalized spacial score (nSPS) is 10.2. The van der Waals surface area contributed by atoms with Gasteiger partial charge in [0.1, 0.15) is 5.75 Å². The number of ether oxygens (including phenoxy) is 1. The highest BCUT2D eigenvalue weighted by molar-refractivity contribution is 6.03. The molecule has 0 spiro atoms. The zero-order valence-corrected chi connectivity index (χ0v) is 14.9. The van der Waals surface area contributed by atoms with Gasteiger partial charge in [0.25, 0.3) is 11.8 Å². The predicted octanol–water partition coefficient (Wildman–Crippen LogP) is 1.82. The van der Waals surface area contributed by atoms with Crippen LogP contribution in [0.4, 0.5) is 5.69 Å². The van der Waals surface area contributed by atoms with Crippen molar-refractivity contribution >= 4 is 17.5 Å². The van der Waals surface area contributed by atoms with Crippen molar-refractivity contribution < 1.29 is 14.3 Å². The van der Waals surface area contributed by atoms with Crippen molar-refractivity contribution in [3.05, 3.63) is 53.9 Å². The van der Waals surface area contributed by atoms with Gasteiger partial charge < -0.3 is 10.1 Å². The van der Waals surface area contributed by atoms with Gasteiger partial charge in [-0.25, -0.2) is 0 Å². The third-order valence-corrected chi connectivity index (χ3v) is 3.98. The van der Waals surface area contributed by atoms with Crippen molar-refractivity contribution in [2.24, 2.45) is 7.05 Å². The third-order valence-electron chi connectivity index (χ3n) is 3.98. The average molecular weight is 342 g/mol. The molecule has 25 heavy (non-hydrogen) atoms. The topological polar surface area (TPSA) is 76.5 Å². The van der Waals surface area contributed by atoms with Crippen LogP contribution in [0.5, 0.6) is 5.75 Å². The fraction of sp³-hybridized carbons (Fsp3) is 0.278. The van der Waals surface area contributed by atoms with E-state index in [1.54, 1.807) is 36.1 Å². The molecule has 1 aromatic carbocycles. The number of hydrogen-bond donors (Lipinski definition) is 1. The minimum atomic E-state index is -0.298. The Labute approximate surface area is 146 Å². The summed E-state index contributed by atoms with van der Waals surface area (Å²) in [6.07, 6.45) is 2.97. The number of aryl methyl sites for hydroxylation is 2. The highest BCUT2D eigenvalue weighted by atomic mass is 16.5. The molecule has 0 aliphatic carbocycles. The number of carbonyl (C=O) groups excluding carboxylic acids is 2. The van der Waals surface area contributed by atoms with Crippen molar-refractivity contribution in [1.29, 1.82) is 0 Å². The van der Waals surface area contributed by atoms with Crippen molar-refractivity contribution in [2.75, 3.05) is 19.1 Å². The lowest BCUT2D eigenvalue weighted by Crippen LogP contribution is -2.30. The molecular weight excluding hydrogens is 320 g/mol. The summed E-state index contributed by atoms with van der Waals surface area (Å²) in [6.45, 7) is 5.78. The molecule has 7 heteroatoms. The molecule has 0 saturated heterocycles. The molecule has 0 radical (unpaired) electrons. The number of nitrogens with zero attached hydrogens (tertiary/aromatic N) is 3. The smallest absolute Gasteiger partial charge is 0.251 e. The largest absolute Gasteiger partial charge is 0.495 e. The van der Waals surface area contributed by atoms with Crippen LogP contribution in [0.25, 0.3) is 0 Å². The molecule has 2 amide bonds. The van der Waals surface area contributed by atoms with Crippen LogP contribution in [-0.2, 0) is 18.4 Å². The first kappa shape index (κ1) is 18.3. The molecule has 7 nitrogen and oxygen atoms in total. The standard InChI is InChI=1S/C18H22N4O3/c1-6-17(23)22(11-15-12(2)10-20-21(15)4)14-9-13(18(24)19-3)7-8-16(14)25-5/h6-10H,1,11H2,2-5H3,(H,19,24). The molecule has 2 rings (SSSR count). The number of hydrogen-bond acceptors (Lipinski definition) is 4. The van der Waals surface area contributed by atoms with E-state index in [2.05, 4.69) is 17.0 Å². The van der Waals surface area contributed by atoms with Crippen LogP contribution >= 0.6 is 0 Å². The Morgan fingerprint density at radius 1 is 1.44 bits per heavy atom. The van der Waals surface area contributed by atoms with Crippen molar-refractivity contribution in [2.45, 2.75) is 13.5 Å². The second kappa shape index (κ2) is 7.65. The molecule has 1 heterocycles. The number of benzene rings is 1.